The molecule has 0 radical (unpaired) electrons. The summed E-state index contributed by atoms with van der Waals surface area (Å²) in [7, 11) is -3.77. The van der Waals surface area contributed by atoms with Crippen LogP contribution in [-0.2, 0) is 10.0 Å². The van der Waals surface area contributed by atoms with Gasteiger partial charge in [0, 0.05) is 29.7 Å². The number of sulfonamides is 1. The molecule has 11 heteroatoms. The first-order valence-electron chi connectivity index (χ1n) is 6.11. The van der Waals surface area contributed by atoms with Crippen molar-refractivity contribution in [3.8, 4) is 0 Å². The molecule has 2 N–H and O–H groups in total. The van der Waals surface area contributed by atoms with E-state index >= 15 is 0 Å². The Bertz CT molecular complexity index is 836. The Balaban J connectivity index is 2.06. The van der Waals surface area contributed by atoms with Gasteiger partial charge < -0.3 is 5.32 Å². The zero-order chi connectivity index (χ0) is 14.9. The maximum atomic E-state index is 12.6. The van der Waals surface area contributed by atoms with E-state index in [9.17, 15) is 8.42 Å². The number of anilines is 2. The standard InChI is InChI=1S/C10H12N6O2S3/c1-2-3-11-8-9(16-4-5-19-10(16)13-8)21(17,18)14-7-6-12-15-20-7/h4-6,11,14H,2-3H2,1H3. The summed E-state index contributed by atoms with van der Waals surface area (Å²) in [6.07, 6.45) is 3.92. The molecular formula is C10H12N6O2S3. The van der Waals surface area contributed by atoms with Crippen molar-refractivity contribution in [2.45, 2.75) is 18.4 Å². The van der Waals surface area contributed by atoms with Crippen molar-refractivity contribution in [3.05, 3.63) is 17.8 Å². The first kappa shape index (κ1) is 14.2. The van der Waals surface area contributed by atoms with Crippen LogP contribution in [0.3, 0.4) is 0 Å². The number of thiazole rings is 1. The number of nitrogens with one attached hydrogen (secondary N) is 2. The Kier molecular flexibility index (Phi) is 3.78. The minimum absolute atomic E-state index is 0.0978. The van der Waals surface area contributed by atoms with Gasteiger partial charge in [0.25, 0.3) is 10.0 Å². The van der Waals surface area contributed by atoms with E-state index in [0.29, 0.717) is 22.3 Å². The van der Waals surface area contributed by atoms with Crippen LogP contribution in [0.5, 0.6) is 0 Å². The molecule has 0 fully saturated rings. The Morgan fingerprint density at radius 2 is 2.29 bits per heavy atom. The van der Waals surface area contributed by atoms with Crippen molar-refractivity contribution in [1.82, 2.24) is 19.0 Å². The van der Waals surface area contributed by atoms with Gasteiger partial charge in [0.1, 0.15) is 5.00 Å². The van der Waals surface area contributed by atoms with Gasteiger partial charge in [0.2, 0.25) is 5.03 Å². The molecule has 0 aliphatic carbocycles. The lowest BCUT2D eigenvalue weighted by Crippen LogP contribution is -2.16. The molecule has 0 spiro atoms. The summed E-state index contributed by atoms with van der Waals surface area (Å²) in [6.45, 7) is 2.65. The number of fused-ring (bicyclic) bond motifs is 1. The average molecular weight is 344 g/mol. The molecule has 3 aromatic rings. The summed E-state index contributed by atoms with van der Waals surface area (Å²) >= 11 is 2.36. The summed E-state index contributed by atoms with van der Waals surface area (Å²) in [5.41, 5.74) is 0. The Morgan fingerprint density at radius 1 is 1.43 bits per heavy atom. The fraction of sp³-hybridized carbons (Fsp3) is 0.300. The average Bonchev–Trinajstić information content (AvgIpc) is 3.10. The van der Waals surface area contributed by atoms with Gasteiger partial charge in [-0.05, 0) is 6.42 Å². The Morgan fingerprint density at radius 3 is 3.00 bits per heavy atom. The third kappa shape index (κ3) is 2.71. The molecule has 0 aromatic carbocycles. The van der Waals surface area contributed by atoms with Gasteiger partial charge in [0.05, 0.1) is 6.20 Å². The summed E-state index contributed by atoms with van der Waals surface area (Å²) < 4.78 is 32.9. The van der Waals surface area contributed by atoms with Crippen molar-refractivity contribution < 1.29 is 8.42 Å². The van der Waals surface area contributed by atoms with E-state index in [2.05, 4.69) is 24.6 Å². The minimum Gasteiger partial charge on any atom is -0.368 e. The van der Waals surface area contributed by atoms with Crippen LogP contribution in [0.25, 0.3) is 4.96 Å². The number of nitrogens with zero attached hydrogens (tertiary/aromatic N) is 4. The molecule has 0 saturated carbocycles. The predicted octanol–water partition coefficient (Wildman–Crippen LogP) is 1.87. The normalized spacial score (nSPS) is 11.9. The lowest BCUT2D eigenvalue weighted by atomic mass is 10.5. The van der Waals surface area contributed by atoms with Gasteiger partial charge in [-0.25, -0.2) is 4.98 Å². The third-order valence-corrected chi connectivity index (χ3v) is 5.47. The summed E-state index contributed by atoms with van der Waals surface area (Å²) in [4.78, 5) is 4.95. The van der Waals surface area contributed by atoms with Gasteiger partial charge in [-0.3, -0.25) is 9.12 Å². The summed E-state index contributed by atoms with van der Waals surface area (Å²) in [6, 6.07) is 0. The largest absolute Gasteiger partial charge is 0.368 e. The molecule has 0 aliphatic rings. The van der Waals surface area contributed by atoms with Crippen LogP contribution in [0, 0.1) is 0 Å². The van der Waals surface area contributed by atoms with E-state index < -0.39 is 10.0 Å². The van der Waals surface area contributed by atoms with Gasteiger partial charge >= 0.3 is 0 Å². The highest BCUT2D eigenvalue weighted by Gasteiger charge is 2.26. The van der Waals surface area contributed by atoms with Crippen molar-refractivity contribution in [1.29, 1.82) is 0 Å². The van der Waals surface area contributed by atoms with E-state index in [1.807, 2.05) is 6.92 Å². The van der Waals surface area contributed by atoms with Crippen LogP contribution < -0.4 is 10.0 Å². The molecule has 0 atom stereocenters. The predicted molar refractivity (Wildman–Crippen MR) is 82.6 cm³/mol. The molecule has 0 aliphatic heterocycles. The molecule has 3 aromatic heterocycles. The van der Waals surface area contributed by atoms with Crippen LogP contribution in [0.1, 0.15) is 13.3 Å². The smallest absolute Gasteiger partial charge is 0.282 e. The zero-order valence-corrected chi connectivity index (χ0v) is 13.4. The monoisotopic (exact) mass is 344 g/mol. The van der Waals surface area contributed by atoms with Crippen molar-refractivity contribution in [3.63, 3.8) is 0 Å². The fourth-order valence-corrected chi connectivity index (χ4v) is 4.49. The minimum atomic E-state index is -3.77. The molecule has 21 heavy (non-hydrogen) atoms. The van der Waals surface area contributed by atoms with Crippen molar-refractivity contribution in [2.75, 3.05) is 16.6 Å². The van der Waals surface area contributed by atoms with Gasteiger partial charge in [-0.15, -0.1) is 16.4 Å². The van der Waals surface area contributed by atoms with E-state index in [1.54, 1.807) is 16.0 Å². The van der Waals surface area contributed by atoms with E-state index in [1.165, 1.54) is 17.5 Å². The molecule has 112 valence electrons. The van der Waals surface area contributed by atoms with Crippen LogP contribution >= 0.6 is 22.9 Å². The van der Waals surface area contributed by atoms with Gasteiger partial charge in [-0.1, -0.05) is 11.4 Å². The highest BCUT2D eigenvalue weighted by atomic mass is 32.2. The van der Waals surface area contributed by atoms with Crippen molar-refractivity contribution in [2.24, 2.45) is 0 Å². The molecule has 3 rings (SSSR count). The number of rotatable bonds is 6. The first-order valence-corrected chi connectivity index (χ1v) is 9.25. The number of imidazole rings is 1. The SMILES string of the molecule is CCCNc1nc2sccn2c1S(=O)(=O)Nc1cnns1. The van der Waals surface area contributed by atoms with E-state index in [-0.39, 0.29) is 5.03 Å². The second-order valence-corrected chi connectivity index (χ2v) is 7.39. The number of hydrogen-bond acceptors (Lipinski definition) is 8. The first-order chi connectivity index (χ1) is 10.1. The molecule has 0 unspecified atom stereocenters. The molecule has 0 saturated heterocycles. The Labute approximate surface area is 129 Å². The third-order valence-electron chi connectivity index (χ3n) is 2.61. The molecular weight excluding hydrogens is 332 g/mol. The maximum Gasteiger partial charge on any atom is 0.282 e. The van der Waals surface area contributed by atoms with E-state index in [4.69, 9.17) is 0 Å². The van der Waals surface area contributed by atoms with Crippen LogP contribution in [-0.4, -0.2) is 33.9 Å². The zero-order valence-electron chi connectivity index (χ0n) is 11.0. The lowest BCUT2D eigenvalue weighted by Gasteiger charge is -2.07. The van der Waals surface area contributed by atoms with Crippen LogP contribution in [0.15, 0.2) is 22.8 Å². The summed E-state index contributed by atoms with van der Waals surface area (Å²) in [5, 5.41) is 8.92. The molecule has 0 amide bonds. The molecule has 8 nitrogen and oxygen atoms in total. The maximum absolute atomic E-state index is 12.6. The topological polar surface area (TPSA) is 101 Å². The van der Waals surface area contributed by atoms with E-state index in [0.717, 1.165) is 18.0 Å². The highest BCUT2D eigenvalue weighted by Crippen LogP contribution is 2.27. The van der Waals surface area contributed by atoms with Gasteiger partial charge in [-0.2, -0.15) is 8.42 Å². The number of hydrogen-bond donors (Lipinski definition) is 2. The van der Waals surface area contributed by atoms with Crippen molar-refractivity contribution >= 4 is 48.7 Å². The van der Waals surface area contributed by atoms with Crippen LogP contribution in [0.2, 0.25) is 0 Å². The second kappa shape index (κ2) is 5.58. The lowest BCUT2D eigenvalue weighted by molar-refractivity contribution is 0.597. The fourth-order valence-electron chi connectivity index (χ4n) is 1.77. The molecule has 0 bridgehead atoms. The van der Waals surface area contributed by atoms with Crippen LogP contribution in [0.4, 0.5) is 10.8 Å². The second-order valence-electron chi connectivity index (χ2n) is 4.14. The quantitative estimate of drug-likeness (QED) is 0.708. The number of aromatic nitrogens is 4. The Hall–Kier alpha value is -1.72. The summed E-state index contributed by atoms with van der Waals surface area (Å²) in [5.74, 6) is 0.355. The van der Waals surface area contributed by atoms with Gasteiger partial charge in [0.15, 0.2) is 10.8 Å². The molecule has 3 heterocycles. The highest BCUT2D eigenvalue weighted by molar-refractivity contribution is 7.93.